The van der Waals surface area contributed by atoms with E-state index in [2.05, 4.69) is 9.97 Å². The summed E-state index contributed by atoms with van der Waals surface area (Å²) in [6.07, 6.45) is 3.65. The molecule has 1 saturated heterocycles. The Morgan fingerprint density at radius 2 is 1.77 bits per heavy atom. The van der Waals surface area contributed by atoms with E-state index in [1.54, 1.807) is 17.3 Å². The molecule has 1 aromatic carbocycles. The number of anilines is 2. The highest BCUT2D eigenvalue weighted by atomic mass is 16.7. The first-order valence-electron chi connectivity index (χ1n) is 8.78. The number of fused-ring (bicyclic) bond motifs is 1. The zero-order valence-electron chi connectivity index (χ0n) is 15.7. The SMILES string of the molecule is Cc1cnc(N2C(=O)Cc3ccc(B4OC(C)(C)C(C)(C)O4)cc32)cn1. The number of hydrogen-bond acceptors (Lipinski definition) is 5. The number of benzene rings is 1. The van der Waals surface area contributed by atoms with Gasteiger partial charge in [0.2, 0.25) is 5.91 Å². The van der Waals surface area contributed by atoms with Crippen molar-refractivity contribution in [1.29, 1.82) is 0 Å². The normalized spacial score (nSPS) is 20.6. The van der Waals surface area contributed by atoms with Crippen LogP contribution in [0.5, 0.6) is 0 Å². The van der Waals surface area contributed by atoms with Crippen molar-refractivity contribution in [2.75, 3.05) is 4.90 Å². The van der Waals surface area contributed by atoms with E-state index in [1.807, 2.05) is 52.8 Å². The first-order chi connectivity index (χ1) is 12.2. The maximum Gasteiger partial charge on any atom is 0.494 e. The van der Waals surface area contributed by atoms with Gasteiger partial charge >= 0.3 is 7.12 Å². The second kappa shape index (κ2) is 5.63. The van der Waals surface area contributed by atoms with Crippen molar-refractivity contribution in [3.8, 4) is 0 Å². The molecule has 2 aliphatic heterocycles. The highest BCUT2D eigenvalue weighted by Crippen LogP contribution is 2.38. The Bertz CT molecular complexity index is 864. The lowest BCUT2D eigenvalue weighted by Crippen LogP contribution is -2.41. The quantitative estimate of drug-likeness (QED) is 0.777. The van der Waals surface area contributed by atoms with Crippen molar-refractivity contribution in [3.05, 3.63) is 41.9 Å². The van der Waals surface area contributed by atoms with Crippen molar-refractivity contribution in [2.24, 2.45) is 0 Å². The Morgan fingerprint density at radius 3 is 2.38 bits per heavy atom. The van der Waals surface area contributed by atoms with Gasteiger partial charge < -0.3 is 9.31 Å². The van der Waals surface area contributed by atoms with Gasteiger partial charge in [0.15, 0.2) is 5.82 Å². The van der Waals surface area contributed by atoms with Gasteiger partial charge in [0.05, 0.1) is 41.4 Å². The Hall–Kier alpha value is -2.25. The highest BCUT2D eigenvalue weighted by molar-refractivity contribution is 6.62. The Morgan fingerprint density at radius 1 is 1.08 bits per heavy atom. The predicted octanol–water partition coefficient (Wildman–Crippen LogP) is 2.31. The molecular weight excluding hydrogens is 329 g/mol. The summed E-state index contributed by atoms with van der Waals surface area (Å²) in [5.74, 6) is 0.523. The van der Waals surface area contributed by atoms with E-state index in [0.717, 1.165) is 22.4 Å². The van der Waals surface area contributed by atoms with Crippen molar-refractivity contribution < 1.29 is 14.1 Å². The minimum atomic E-state index is -0.466. The largest absolute Gasteiger partial charge is 0.494 e. The van der Waals surface area contributed by atoms with Crippen LogP contribution in [0.1, 0.15) is 39.0 Å². The van der Waals surface area contributed by atoms with Crippen LogP contribution in [0.25, 0.3) is 0 Å². The molecule has 0 atom stereocenters. The molecule has 1 fully saturated rings. The summed E-state index contributed by atoms with van der Waals surface area (Å²) in [5, 5.41) is 0. The lowest BCUT2D eigenvalue weighted by atomic mass is 9.78. The molecule has 0 saturated carbocycles. The van der Waals surface area contributed by atoms with Crippen LogP contribution >= 0.6 is 0 Å². The van der Waals surface area contributed by atoms with Gasteiger partial charge in [0.1, 0.15) is 0 Å². The average molecular weight is 351 g/mol. The lowest BCUT2D eigenvalue weighted by Gasteiger charge is -2.32. The Balaban J connectivity index is 1.71. The lowest BCUT2D eigenvalue weighted by molar-refractivity contribution is -0.116. The number of amides is 1. The van der Waals surface area contributed by atoms with E-state index in [4.69, 9.17) is 9.31 Å². The minimum absolute atomic E-state index is 0.00998. The number of aromatic nitrogens is 2. The number of aryl methyl sites for hydroxylation is 1. The molecule has 6 nitrogen and oxygen atoms in total. The average Bonchev–Trinajstić information content (AvgIpc) is 3.00. The fourth-order valence-electron chi connectivity index (χ4n) is 3.19. The zero-order valence-corrected chi connectivity index (χ0v) is 15.7. The molecular formula is C19H22BN3O3. The van der Waals surface area contributed by atoms with Crippen LogP contribution < -0.4 is 10.4 Å². The Kier molecular flexibility index (Phi) is 3.72. The highest BCUT2D eigenvalue weighted by Gasteiger charge is 2.52. The van der Waals surface area contributed by atoms with Crippen molar-refractivity contribution >= 4 is 30.0 Å². The molecule has 0 N–H and O–H groups in total. The molecule has 26 heavy (non-hydrogen) atoms. The number of carbonyl (C=O) groups excluding carboxylic acids is 1. The summed E-state index contributed by atoms with van der Waals surface area (Å²) in [6, 6.07) is 5.90. The third kappa shape index (κ3) is 2.62. The zero-order chi connectivity index (χ0) is 18.7. The van der Waals surface area contributed by atoms with Gasteiger partial charge in [-0.2, -0.15) is 0 Å². The summed E-state index contributed by atoms with van der Waals surface area (Å²) < 4.78 is 12.3. The molecule has 2 aliphatic rings. The first kappa shape index (κ1) is 17.2. The van der Waals surface area contributed by atoms with E-state index in [9.17, 15) is 4.79 Å². The van der Waals surface area contributed by atoms with Crippen molar-refractivity contribution in [2.45, 2.75) is 52.2 Å². The smallest absolute Gasteiger partial charge is 0.399 e. The van der Waals surface area contributed by atoms with E-state index in [0.29, 0.717) is 12.2 Å². The van der Waals surface area contributed by atoms with E-state index in [1.165, 1.54) is 0 Å². The molecule has 4 rings (SSSR count). The number of nitrogens with zero attached hydrogens (tertiary/aromatic N) is 3. The molecule has 7 heteroatoms. The second-order valence-electron chi connectivity index (χ2n) is 7.90. The van der Waals surface area contributed by atoms with E-state index >= 15 is 0 Å². The van der Waals surface area contributed by atoms with Crippen LogP contribution in [-0.2, 0) is 20.5 Å². The van der Waals surface area contributed by atoms with Gasteiger partial charge in [0, 0.05) is 0 Å². The van der Waals surface area contributed by atoms with Crippen LogP contribution in [0.4, 0.5) is 11.5 Å². The van der Waals surface area contributed by atoms with Gasteiger partial charge in [-0.05, 0) is 51.7 Å². The summed E-state index contributed by atoms with van der Waals surface area (Å²) in [4.78, 5) is 22.8. The molecule has 0 radical (unpaired) electrons. The van der Waals surface area contributed by atoms with Gasteiger partial charge in [-0.3, -0.25) is 14.7 Å². The minimum Gasteiger partial charge on any atom is -0.399 e. The monoisotopic (exact) mass is 351 g/mol. The van der Waals surface area contributed by atoms with Gasteiger partial charge in [0.25, 0.3) is 0 Å². The Labute approximate surface area is 153 Å². The third-order valence-electron chi connectivity index (χ3n) is 5.46. The van der Waals surface area contributed by atoms with Crippen LogP contribution in [-0.4, -0.2) is 34.2 Å². The van der Waals surface area contributed by atoms with Crippen molar-refractivity contribution in [3.63, 3.8) is 0 Å². The fourth-order valence-corrected chi connectivity index (χ4v) is 3.19. The fraction of sp³-hybridized carbons (Fsp3) is 0.421. The van der Waals surface area contributed by atoms with Crippen LogP contribution in [0.15, 0.2) is 30.6 Å². The van der Waals surface area contributed by atoms with Crippen LogP contribution in [0.2, 0.25) is 0 Å². The molecule has 3 heterocycles. The van der Waals surface area contributed by atoms with Crippen LogP contribution in [0, 0.1) is 6.92 Å². The topological polar surface area (TPSA) is 64.6 Å². The molecule has 1 amide bonds. The maximum absolute atomic E-state index is 12.6. The van der Waals surface area contributed by atoms with Gasteiger partial charge in [-0.15, -0.1) is 0 Å². The summed E-state index contributed by atoms with van der Waals surface area (Å²) >= 11 is 0. The molecule has 0 spiro atoms. The molecule has 0 bridgehead atoms. The van der Waals surface area contributed by atoms with E-state index < -0.39 is 18.3 Å². The summed E-state index contributed by atoms with van der Waals surface area (Å²) in [5.41, 5.74) is 2.68. The van der Waals surface area contributed by atoms with Gasteiger partial charge in [-0.25, -0.2) is 4.98 Å². The molecule has 0 aliphatic carbocycles. The maximum atomic E-state index is 12.6. The molecule has 2 aromatic rings. The van der Waals surface area contributed by atoms with Crippen molar-refractivity contribution in [1.82, 2.24) is 9.97 Å². The summed E-state index contributed by atoms with van der Waals surface area (Å²) in [6.45, 7) is 9.97. The third-order valence-corrected chi connectivity index (χ3v) is 5.46. The molecule has 134 valence electrons. The van der Waals surface area contributed by atoms with E-state index in [-0.39, 0.29) is 5.91 Å². The summed E-state index contributed by atoms with van der Waals surface area (Å²) in [7, 11) is -0.466. The first-order valence-corrected chi connectivity index (χ1v) is 8.78. The second-order valence-corrected chi connectivity index (χ2v) is 7.90. The van der Waals surface area contributed by atoms with Gasteiger partial charge in [-0.1, -0.05) is 12.1 Å². The number of carbonyl (C=O) groups is 1. The molecule has 1 aromatic heterocycles. The number of rotatable bonds is 2. The van der Waals surface area contributed by atoms with Crippen LogP contribution in [0.3, 0.4) is 0 Å². The predicted molar refractivity (Wildman–Crippen MR) is 99.8 cm³/mol. The molecule has 0 unspecified atom stereocenters. The number of hydrogen-bond donors (Lipinski definition) is 0. The standard InChI is InChI=1S/C19H22BN3O3/c1-12-10-22-16(11-21-12)23-15-9-14(7-6-13(15)8-17(23)24)20-25-18(2,3)19(4,5)26-20/h6-7,9-11H,8H2,1-5H3.